The molecule has 0 aliphatic carbocycles. The Morgan fingerprint density at radius 3 is 2.41 bits per heavy atom. The highest BCUT2D eigenvalue weighted by Gasteiger charge is 2.42. The van der Waals surface area contributed by atoms with Gasteiger partial charge in [0.05, 0.1) is 28.8 Å². The number of nitrogens with one attached hydrogen (secondary N) is 1. The van der Waals surface area contributed by atoms with Gasteiger partial charge in [0.15, 0.2) is 5.79 Å². The van der Waals surface area contributed by atoms with Crippen molar-refractivity contribution < 1.29 is 27.4 Å². The van der Waals surface area contributed by atoms with Crippen molar-refractivity contribution in [1.29, 1.82) is 0 Å². The lowest BCUT2D eigenvalue weighted by molar-refractivity contribution is -0.285. The first-order chi connectivity index (χ1) is 15.9. The van der Waals surface area contributed by atoms with Crippen LogP contribution in [0.4, 0.5) is 4.79 Å². The van der Waals surface area contributed by atoms with E-state index in [0.29, 0.717) is 11.2 Å². The molecule has 2 aromatic carbocycles. The summed E-state index contributed by atoms with van der Waals surface area (Å²) in [4.78, 5) is 12.7. The molecule has 1 N–H and O–H groups in total. The van der Waals surface area contributed by atoms with Gasteiger partial charge in [-0.15, -0.1) is 0 Å². The van der Waals surface area contributed by atoms with Crippen LogP contribution in [0.25, 0.3) is 10.9 Å². The number of hydrogen-bond acceptors (Lipinski definition) is 6. The smallest absolute Gasteiger partial charge is 0.408 e. The second-order valence-corrected chi connectivity index (χ2v) is 11.5. The molecular weight excluding hydrogens is 456 g/mol. The van der Waals surface area contributed by atoms with Gasteiger partial charge in [0, 0.05) is 5.39 Å². The van der Waals surface area contributed by atoms with Gasteiger partial charge in [-0.2, -0.15) is 0 Å². The maximum atomic E-state index is 13.8. The van der Waals surface area contributed by atoms with E-state index in [1.54, 1.807) is 83.1 Å². The maximum absolute atomic E-state index is 13.8. The lowest BCUT2D eigenvalue weighted by Crippen LogP contribution is -2.53. The first kappa shape index (κ1) is 24.3. The molecule has 3 aromatic rings. The summed E-state index contributed by atoms with van der Waals surface area (Å²) in [6.07, 6.45) is -1.45. The summed E-state index contributed by atoms with van der Waals surface area (Å²) in [5.74, 6) is -0.991. The molecule has 0 bridgehead atoms. The average molecular weight is 487 g/mol. The fourth-order valence-electron chi connectivity index (χ4n) is 3.96. The third-order valence-corrected chi connectivity index (χ3v) is 7.11. The molecule has 0 radical (unpaired) electrons. The Bertz CT molecular complexity index is 1290. The molecular formula is C25H30N2O6S. The van der Waals surface area contributed by atoms with Gasteiger partial charge in [0.1, 0.15) is 11.7 Å². The molecule has 0 saturated carbocycles. The van der Waals surface area contributed by atoms with E-state index >= 15 is 0 Å². The number of amides is 1. The molecule has 0 unspecified atom stereocenters. The van der Waals surface area contributed by atoms with E-state index < -0.39 is 39.7 Å². The van der Waals surface area contributed by atoms with Crippen molar-refractivity contribution >= 4 is 27.0 Å². The summed E-state index contributed by atoms with van der Waals surface area (Å²) in [6, 6.07) is 16.6. The summed E-state index contributed by atoms with van der Waals surface area (Å²) in [6.45, 7) is 8.93. The Morgan fingerprint density at radius 2 is 1.74 bits per heavy atom. The number of alkyl carbamates (subject to hydrolysis) is 1. The summed E-state index contributed by atoms with van der Waals surface area (Å²) in [7, 11) is -3.97. The first-order valence-corrected chi connectivity index (χ1v) is 12.5. The number of rotatable bonds is 4. The number of nitrogens with zero attached hydrogens (tertiary/aromatic N) is 1. The Hall–Kier alpha value is -2.88. The van der Waals surface area contributed by atoms with E-state index in [1.807, 2.05) is 12.1 Å². The SMILES string of the molecule is CC(C)(C)OC(=O)N[C@H]1COC(C)(C)O[C@@H]1c1cc2ccccc2n1S(=O)(=O)c1ccccc1. The fourth-order valence-corrected chi connectivity index (χ4v) is 5.53. The van der Waals surface area contributed by atoms with Crippen molar-refractivity contribution in [2.45, 2.75) is 63.0 Å². The zero-order chi connectivity index (χ0) is 24.7. The van der Waals surface area contributed by atoms with Crippen molar-refractivity contribution in [3.05, 3.63) is 66.4 Å². The Kier molecular flexibility index (Phi) is 6.22. The zero-order valence-corrected chi connectivity index (χ0v) is 20.8. The topological polar surface area (TPSA) is 95.9 Å². The van der Waals surface area contributed by atoms with Crippen molar-refractivity contribution in [1.82, 2.24) is 9.29 Å². The van der Waals surface area contributed by atoms with Crippen LogP contribution < -0.4 is 5.32 Å². The second-order valence-electron chi connectivity index (χ2n) is 9.71. The summed E-state index contributed by atoms with van der Waals surface area (Å²) in [5, 5.41) is 3.54. The molecule has 0 spiro atoms. The van der Waals surface area contributed by atoms with E-state index in [4.69, 9.17) is 14.2 Å². The molecule has 4 rings (SSSR count). The molecule has 1 aliphatic rings. The monoisotopic (exact) mass is 486 g/mol. The van der Waals surface area contributed by atoms with Gasteiger partial charge in [-0.25, -0.2) is 17.2 Å². The minimum atomic E-state index is -3.97. The fraction of sp³-hybridized carbons (Fsp3) is 0.400. The molecule has 1 aromatic heterocycles. The average Bonchev–Trinajstić information content (AvgIpc) is 3.14. The van der Waals surface area contributed by atoms with Gasteiger partial charge in [-0.05, 0) is 58.9 Å². The van der Waals surface area contributed by atoms with Crippen LogP contribution in [-0.2, 0) is 24.2 Å². The molecule has 182 valence electrons. The van der Waals surface area contributed by atoms with Gasteiger partial charge >= 0.3 is 6.09 Å². The molecule has 2 heterocycles. The predicted octanol–water partition coefficient (Wildman–Crippen LogP) is 4.60. The zero-order valence-electron chi connectivity index (χ0n) is 19.9. The van der Waals surface area contributed by atoms with E-state index in [2.05, 4.69) is 5.32 Å². The molecule has 34 heavy (non-hydrogen) atoms. The van der Waals surface area contributed by atoms with Gasteiger partial charge in [0.25, 0.3) is 10.0 Å². The van der Waals surface area contributed by atoms with Gasteiger partial charge in [0.2, 0.25) is 0 Å². The highest BCUT2D eigenvalue weighted by Crippen LogP contribution is 2.37. The molecule has 1 saturated heterocycles. The molecule has 2 atom stereocenters. The Labute approximate surface area is 199 Å². The highest BCUT2D eigenvalue weighted by molar-refractivity contribution is 7.90. The van der Waals surface area contributed by atoms with Crippen LogP contribution in [-0.4, -0.2) is 42.5 Å². The van der Waals surface area contributed by atoms with Crippen LogP contribution in [0.1, 0.15) is 46.4 Å². The van der Waals surface area contributed by atoms with Crippen LogP contribution >= 0.6 is 0 Å². The minimum absolute atomic E-state index is 0.115. The number of carbonyl (C=O) groups excluding carboxylic acids is 1. The first-order valence-electron chi connectivity index (χ1n) is 11.1. The second kappa shape index (κ2) is 8.72. The lowest BCUT2D eigenvalue weighted by Gasteiger charge is -2.41. The minimum Gasteiger partial charge on any atom is -0.444 e. The van der Waals surface area contributed by atoms with Crippen LogP contribution in [0.2, 0.25) is 0 Å². The van der Waals surface area contributed by atoms with Gasteiger partial charge in [-0.1, -0.05) is 36.4 Å². The van der Waals surface area contributed by atoms with E-state index in [1.165, 1.54) is 3.97 Å². The standard InChI is InChI=1S/C25H30N2O6S/c1-24(2,3)33-23(28)26-19-16-31-25(4,5)32-22(19)21-15-17-11-9-10-14-20(17)27(21)34(29,30)18-12-7-6-8-13-18/h6-15,19,22H,16H2,1-5H3,(H,26,28)/t19-,22-/m0/s1. The lowest BCUT2D eigenvalue weighted by atomic mass is 10.1. The van der Waals surface area contributed by atoms with E-state index in [-0.39, 0.29) is 11.5 Å². The van der Waals surface area contributed by atoms with Crippen LogP contribution in [0, 0.1) is 0 Å². The largest absolute Gasteiger partial charge is 0.444 e. The van der Waals surface area contributed by atoms with Crippen molar-refractivity contribution in [2.24, 2.45) is 0 Å². The van der Waals surface area contributed by atoms with Crippen LogP contribution in [0.15, 0.2) is 65.6 Å². The number of fused-ring (bicyclic) bond motifs is 1. The van der Waals surface area contributed by atoms with Crippen LogP contribution in [0.3, 0.4) is 0 Å². The number of para-hydroxylation sites is 1. The van der Waals surface area contributed by atoms with Crippen molar-refractivity contribution in [2.75, 3.05) is 6.61 Å². The summed E-state index contributed by atoms with van der Waals surface area (Å²) >= 11 is 0. The van der Waals surface area contributed by atoms with Gasteiger partial charge < -0.3 is 19.5 Å². The van der Waals surface area contributed by atoms with E-state index in [0.717, 1.165) is 5.39 Å². The highest BCUT2D eigenvalue weighted by atomic mass is 32.2. The third-order valence-electron chi connectivity index (χ3n) is 5.36. The molecule has 8 nitrogen and oxygen atoms in total. The number of carbonyl (C=O) groups is 1. The molecule has 9 heteroatoms. The number of ether oxygens (including phenoxy) is 3. The van der Waals surface area contributed by atoms with Gasteiger partial charge in [-0.3, -0.25) is 0 Å². The number of hydrogen-bond donors (Lipinski definition) is 1. The number of benzene rings is 2. The molecule has 1 amide bonds. The third kappa shape index (κ3) is 4.96. The summed E-state index contributed by atoms with van der Waals surface area (Å²) in [5.41, 5.74) is 0.216. The van der Waals surface area contributed by atoms with Crippen molar-refractivity contribution in [3.8, 4) is 0 Å². The van der Waals surface area contributed by atoms with Crippen molar-refractivity contribution in [3.63, 3.8) is 0 Å². The molecule has 1 fully saturated rings. The normalized spacial score (nSPS) is 20.7. The quantitative estimate of drug-likeness (QED) is 0.579. The van der Waals surface area contributed by atoms with Crippen LogP contribution in [0.5, 0.6) is 0 Å². The number of aromatic nitrogens is 1. The van der Waals surface area contributed by atoms with E-state index in [9.17, 15) is 13.2 Å². The Balaban J connectivity index is 1.84. The predicted molar refractivity (Wildman–Crippen MR) is 128 cm³/mol. The molecule has 1 aliphatic heterocycles. The maximum Gasteiger partial charge on any atom is 0.408 e. The summed E-state index contributed by atoms with van der Waals surface area (Å²) < 4.78 is 46.4. The Morgan fingerprint density at radius 1 is 1.09 bits per heavy atom.